The van der Waals surface area contributed by atoms with Gasteiger partial charge in [-0.15, -0.1) is 0 Å². The number of nitrogens with zero attached hydrogens (tertiary/aromatic N) is 4. The lowest BCUT2D eigenvalue weighted by Crippen LogP contribution is -2.18. The van der Waals surface area contributed by atoms with Gasteiger partial charge in [0.05, 0.1) is 16.8 Å². The summed E-state index contributed by atoms with van der Waals surface area (Å²) in [5.41, 5.74) is 4.31. The lowest BCUT2D eigenvalue weighted by Gasteiger charge is -2.16. The van der Waals surface area contributed by atoms with Crippen LogP contribution in [0.3, 0.4) is 0 Å². The zero-order chi connectivity index (χ0) is 23.5. The number of hydrogen-bond donors (Lipinski definition) is 3. The molecule has 1 aliphatic carbocycles. The van der Waals surface area contributed by atoms with E-state index in [0.29, 0.717) is 18.2 Å². The van der Waals surface area contributed by atoms with Gasteiger partial charge in [-0.1, -0.05) is 25.1 Å². The van der Waals surface area contributed by atoms with Crippen LogP contribution in [0, 0.1) is 0 Å². The molecular weight excluding hydrogens is 426 g/mol. The second kappa shape index (κ2) is 9.43. The molecule has 5 rings (SSSR count). The van der Waals surface area contributed by atoms with Crippen LogP contribution in [-0.4, -0.2) is 45.5 Å². The van der Waals surface area contributed by atoms with Crippen molar-refractivity contribution in [1.29, 1.82) is 0 Å². The van der Waals surface area contributed by atoms with E-state index in [4.69, 9.17) is 0 Å². The largest absolute Gasteiger partial charge is 0.369 e. The molecule has 8 nitrogen and oxygen atoms in total. The van der Waals surface area contributed by atoms with Crippen molar-refractivity contribution in [2.45, 2.75) is 31.7 Å². The number of para-hydroxylation sites is 1. The number of pyridine rings is 2. The van der Waals surface area contributed by atoms with E-state index in [1.54, 1.807) is 25.6 Å². The van der Waals surface area contributed by atoms with Crippen LogP contribution < -0.4 is 16.0 Å². The minimum absolute atomic E-state index is 0.116. The molecular formula is C26H27N7O. The van der Waals surface area contributed by atoms with Crippen LogP contribution in [0.1, 0.15) is 41.6 Å². The van der Waals surface area contributed by atoms with Crippen molar-refractivity contribution in [3.8, 4) is 11.3 Å². The fraction of sp³-hybridized carbons (Fsp3) is 0.269. The van der Waals surface area contributed by atoms with Gasteiger partial charge >= 0.3 is 0 Å². The normalized spacial score (nSPS) is 13.9. The molecule has 1 aliphatic rings. The number of nitrogens with one attached hydrogen (secondary N) is 3. The molecule has 1 amide bonds. The van der Waals surface area contributed by atoms with Gasteiger partial charge in [-0.25, -0.2) is 15.0 Å². The summed E-state index contributed by atoms with van der Waals surface area (Å²) in [6.07, 6.45) is 7.52. The fourth-order valence-corrected chi connectivity index (χ4v) is 3.98. The molecule has 4 aromatic rings. The molecule has 0 radical (unpaired) electrons. The van der Waals surface area contributed by atoms with Gasteiger partial charge in [-0.05, 0) is 36.6 Å². The van der Waals surface area contributed by atoms with Gasteiger partial charge in [0.25, 0.3) is 5.91 Å². The SMILES string of the molecule is CNC(=O)c1ccnc2c([C@H](C)CNc3cc(-c4ccc(NC5CC5)nc4)ncn3)cccc12. The van der Waals surface area contributed by atoms with Crippen LogP contribution >= 0.6 is 0 Å². The van der Waals surface area contributed by atoms with Crippen LogP contribution in [0.4, 0.5) is 11.6 Å². The third-order valence-electron chi connectivity index (χ3n) is 6.05. The number of anilines is 2. The maximum atomic E-state index is 12.3. The van der Waals surface area contributed by atoms with Crippen LogP contribution in [0.15, 0.2) is 61.2 Å². The Hall–Kier alpha value is -4.07. The maximum Gasteiger partial charge on any atom is 0.251 e. The number of amides is 1. The monoisotopic (exact) mass is 453 g/mol. The van der Waals surface area contributed by atoms with Crippen molar-refractivity contribution in [2.75, 3.05) is 24.2 Å². The number of aromatic nitrogens is 4. The van der Waals surface area contributed by atoms with E-state index in [-0.39, 0.29) is 11.8 Å². The van der Waals surface area contributed by atoms with Gasteiger partial charge in [0.15, 0.2) is 0 Å². The predicted molar refractivity (Wildman–Crippen MR) is 134 cm³/mol. The molecule has 3 heterocycles. The minimum Gasteiger partial charge on any atom is -0.369 e. The van der Waals surface area contributed by atoms with Gasteiger partial charge in [-0.2, -0.15) is 0 Å². The summed E-state index contributed by atoms with van der Waals surface area (Å²) in [5, 5.41) is 10.4. The second-order valence-corrected chi connectivity index (χ2v) is 8.60. The number of carbonyl (C=O) groups excluding carboxylic acids is 1. The smallest absolute Gasteiger partial charge is 0.251 e. The molecule has 8 heteroatoms. The Morgan fingerprint density at radius 1 is 1.06 bits per heavy atom. The van der Waals surface area contributed by atoms with Crippen molar-refractivity contribution >= 4 is 28.4 Å². The minimum atomic E-state index is -0.116. The van der Waals surface area contributed by atoms with Gasteiger partial charge in [0.2, 0.25) is 0 Å². The molecule has 3 aromatic heterocycles. The van der Waals surface area contributed by atoms with Crippen molar-refractivity contribution in [1.82, 2.24) is 25.3 Å². The summed E-state index contributed by atoms with van der Waals surface area (Å²) in [4.78, 5) is 30.1. The highest BCUT2D eigenvalue weighted by molar-refractivity contribution is 6.06. The number of hydrogen-bond acceptors (Lipinski definition) is 7. The first-order valence-electron chi connectivity index (χ1n) is 11.5. The molecule has 1 fully saturated rings. The van der Waals surface area contributed by atoms with E-state index < -0.39 is 0 Å². The Bertz CT molecular complexity index is 1320. The second-order valence-electron chi connectivity index (χ2n) is 8.60. The lowest BCUT2D eigenvalue weighted by atomic mass is 9.96. The highest BCUT2D eigenvalue weighted by atomic mass is 16.1. The van der Waals surface area contributed by atoms with Crippen molar-refractivity contribution < 1.29 is 4.79 Å². The molecule has 0 spiro atoms. The molecule has 172 valence electrons. The zero-order valence-electron chi connectivity index (χ0n) is 19.2. The Morgan fingerprint density at radius 3 is 2.71 bits per heavy atom. The summed E-state index contributed by atoms with van der Waals surface area (Å²) in [6, 6.07) is 14.2. The number of fused-ring (bicyclic) bond motifs is 1. The molecule has 1 saturated carbocycles. The zero-order valence-corrected chi connectivity index (χ0v) is 19.2. The fourth-order valence-electron chi connectivity index (χ4n) is 3.98. The summed E-state index contributed by atoms with van der Waals surface area (Å²) >= 11 is 0. The Labute approximate surface area is 198 Å². The summed E-state index contributed by atoms with van der Waals surface area (Å²) in [7, 11) is 1.64. The number of carbonyl (C=O) groups is 1. The first-order chi connectivity index (χ1) is 16.6. The highest BCUT2D eigenvalue weighted by Crippen LogP contribution is 2.27. The van der Waals surface area contributed by atoms with Gasteiger partial charge in [0.1, 0.15) is 18.0 Å². The third kappa shape index (κ3) is 4.66. The summed E-state index contributed by atoms with van der Waals surface area (Å²) < 4.78 is 0. The molecule has 34 heavy (non-hydrogen) atoms. The average Bonchev–Trinajstić information content (AvgIpc) is 3.70. The number of rotatable bonds is 8. The summed E-state index contributed by atoms with van der Waals surface area (Å²) in [5.74, 6) is 1.67. The van der Waals surface area contributed by atoms with Crippen LogP contribution in [0.25, 0.3) is 22.2 Å². The van der Waals surface area contributed by atoms with Crippen molar-refractivity contribution in [3.63, 3.8) is 0 Å². The molecule has 0 saturated heterocycles. The number of benzene rings is 1. The van der Waals surface area contributed by atoms with E-state index in [0.717, 1.165) is 39.4 Å². The molecule has 3 N–H and O–H groups in total. The van der Waals surface area contributed by atoms with Crippen molar-refractivity contribution in [2.24, 2.45) is 0 Å². The Balaban J connectivity index is 1.31. The van der Waals surface area contributed by atoms with Gasteiger partial charge in [0, 0.05) is 55.0 Å². The van der Waals surface area contributed by atoms with E-state index in [2.05, 4.69) is 48.9 Å². The summed E-state index contributed by atoms with van der Waals surface area (Å²) in [6.45, 7) is 2.79. The standard InChI is InChI=1S/C26H27N7O/c1-16(19-4-3-5-20-21(26(34)27-2)10-11-28-25(19)20)13-29-24-12-22(31-15-32-24)17-6-9-23(30-14-17)33-18-7-8-18/h3-6,9-12,14-16,18H,7-8,13H2,1-2H3,(H,27,34)(H,30,33)(H,29,31,32)/t16-/m1/s1. The van der Waals surface area contributed by atoms with E-state index in [1.165, 1.54) is 12.8 Å². The highest BCUT2D eigenvalue weighted by Gasteiger charge is 2.21. The Kier molecular flexibility index (Phi) is 6.03. The first kappa shape index (κ1) is 21.8. The quantitative estimate of drug-likeness (QED) is 0.367. The maximum absolute atomic E-state index is 12.3. The molecule has 0 bridgehead atoms. The van der Waals surface area contributed by atoms with E-state index >= 15 is 0 Å². The van der Waals surface area contributed by atoms with Crippen LogP contribution in [0.5, 0.6) is 0 Å². The Morgan fingerprint density at radius 2 is 1.94 bits per heavy atom. The average molecular weight is 454 g/mol. The molecule has 1 atom stereocenters. The first-order valence-corrected chi connectivity index (χ1v) is 11.5. The van der Waals surface area contributed by atoms with Gasteiger partial charge < -0.3 is 16.0 Å². The lowest BCUT2D eigenvalue weighted by molar-refractivity contribution is 0.0964. The van der Waals surface area contributed by atoms with E-state index in [9.17, 15) is 4.79 Å². The predicted octanol–water partition coefficient (Wildman–Crippen LogP) is 4.24. The molecule has 0 unspecified atom stereocenters. The van der Waals surface area contributed by atoms with Crippen LogP contribution in [-0.2, 0) is 0 Å². The van der Waals surface area contributed by atoms with Gasteiger partial charge in [-0.3, -0.25) is 9.78 Å². The molecule has 0 aliphatic heterocycles. The van der Waals surface area contributed by atoms with E-state index in [1.807, 2.05) is 36.5 Å². The van der Waals surface area contributed by atoms with Crippen LogP contribution in [0.2, 0.25) is 0 Å². The third-order valence-corrected chi connectivity index (χ3v) is 6.05. The van der Waals surface area contributed by atoms with Crippen molar-refractivity contribution in [3.05, 3.63) is 72.3 Å². The molecule has 1 aromatic carbocycles. The topological polar surface area (TPSA) is 105 Å².